The maximum Gasteiger partial charge on any atom is 0.354 e. The minimum Gasteiger partial charge on any atom is -0.477 e. The summed E-state index contributed by atoms with van der Waals surface area (Å²) in [4.78, 5) is 29.0. The first-order valence-corrected chi connectivity index (χ1v) is 8.30. The molecule has 1 saturated heterocycles. The molecule has 0 aromatic carbocycles. The number of rotatable bonds is 4. The number of thioether (sulfide) groups is 2. The van der Waals surface area contributed by atoms with Crippen LogP contribution in [0.25, 0.3) is 0 Å². The summed E-state index contributed by atoms with van der Waals surface area (Å²) >= 11 is 2.80. The monoisotopic (exact) mass is 329 g/mol. The quantitative estimate of drug-likeness (QED) is 0.618. The Morgan fingerprint density at radius 3 is 3.00 bits per heavy atom. The molecule has 7 nitrogen and oxygen atoms in total. The lowest BCUT2D eigenvalue weighted by Crippen LogP contribution is -2.60. The van der Waals surface area contributed by atoms with Gasteiger partial charge in [-0.1, -0.05) is 11.8 Å². The fourth-order valence-electron chi connectivity index (χ4n) is 2.55. The second-order valence-electron chi connectivity index (χ2n) is 5.07. The van der Waals surface area contributed by atoms with Crippen LogP contribution in [0.2, 0.25) is 0 Å². The van der Waals surface area contributed by atoms with Crippen LogP contribution in [0, 0.1) is 5.92 Å². The van der Waals surface area contributed by atoms with Gasteiger partial charge in [-0.25, -0.2) is 4.79 Å². The van der Waals surface area contributed by atoms with Crippen molar-refractivity contribution in [1.29, 1.82) is 0 Å². The van der Waals surface area contributed by atoms with Gasteiger partial charge in [-0.15, -0.1) is 11.8 Å². The van der Waals surface area contributed by atoms with Crippen molar-refractivity contribution in [2.24, 2.45) is 10.9 Å². The number of carbonyl (C=O) groups excluding carboxylic acids is 1. The van der Waals surface area contributed by atoms with Gasteiger partial charge in [0.1, 0.15) is 5.37 Å². The number of carboxylic acid groups (broad SMARTS) is 1. The van der Waals surface area contributed by atoms with Crippen LogP contribution < -0.4 is 5.32 Å². The van der Waals surface area contributed by atoms with Gasteiger partial charge >= 0.3 is 5.97 Å². The van der Waals surface area contributed by atoms with Gasteiger partial charge in [-0.05, 0) is 6.92 Å². The SMILES string of the molecule is CC(O)[C@H]1C(=O)N2C(C(=O)O)=C(SC3CN=CNC3)S[C@H]12. The van der Waals surface area contributed by atoms with E-state index in [0.29, 0.717) is 17.3 Å². The molecular formula is C12H15N3O4S2. The molecule has 9 heteroatoms. The molecule has 0 aromatic rings. The minimum absolute atomic E-state index is 0.0476. The predicted octanol–water partition coefficient (Wildman–Crippen LogP) is -0.115. The summed E-state index contributed by atoms with van der Waals surface area (Å²) < 4.78 is 0.632. The number of carbonyl (C=O) groups is 2. The molecule has 1 fully saturated rings. The molecule has 0 saturated carbocycles. The van der Waals surface area contributed by atoms with Crippen molar-refractivity contribution >= 4 is 41.7 Å². The van der Waals surface area contributed by atoms with Gasteiger partial charge in [0.25, 0.3) is 0 Å². The molecule has 0 aliphatic carbocycles. The lowest BCUT2D eigenvalue weighted by atomic mass is 9.92. The number of aliphatic hydroxyl groups excluding tert-OH is 1. The van der Waals surface area contributed by atoms with Gasteiger partial charge in [0.2, 0.25) is 5.91 Å². The van der Waals surface area contributed by atoms with Crippen LogP contribution in [0.5, 0.6) is 0 Å². The summed E-state index contributed by atoms with van der Waals surface area (Å²) in [5, 5.41) is 21.9. The predicted molar refractivity (Wildman–Crippen MR) is 80.8 cm³/mol. The number of amides is 1. The van der Waals surface area contributed by atoms with E-state index in [1.807, 2.05) is 0 Å². The summed E-state index contributed by atoms with van der Waals surface area (Å²) in [6.07, 6.45) is 0.873. The van der Waals surface area contributed by atoms with E-state index < -0.39 is 18.0 Å². The molecule has 3 aliphatic heterocycles. The van der Waals surface area contributed by atoms with Crippen molar-refractivity contribution in [2.75, 3.05) is 13.1 Å². The highest BCUT2D eigenvalue weighted by Gasteiger charge is 2.57. The third-order valence-electron chi connectivity index (χ3n) is 3.58. The normalized spacial score (nSPS) is 32.6. The van der Waals surface area contributed by atoms with Gasteiger partial charge in [-0.3, -0.25) is 14.7 Å². The number of aliphatic carboxylic acids is 1. The summed E-state index contributed by atoms with van der Waals surface area (Å²) in [5.41, 5.74) is 0.0476. The van der Waals surface area contributed by atoms with Gasteiger partial charge < -0.3 is 15.5 Å². The lowest BCUT2D eigenvalue weighted by molar-refractivity contribution is -0.156. The highest BCUT2D eigenvalue weighted by molar-refractivity contribution is 8.23. The zero-order valence-electron chi connectivity index (χ0n) is 11.2. The van der Waals surface area contributed by atoms with Gasteiger partial charge in [0.15, 0.2) is 5.70 Å². The number of fused-ring (bicyclic) bond motifs is 1. The van der Waals surface area contributed by atoms with Crippen molar-refractivity contribution in [1.82, 2.24) is 10.2 Å². The maximum atomic E-state index is 12.0. The van der Waals surface area contributed by atoms with Gasteiger partial charge in [-0.2, -0.15) is 0 Å². The van der Waals surface area contributed by atoms with Gasteiger partial charge in [0, 0.05) is 11.8 Å². The number of aliphatic hydroxyl groups is 1. The van der Waals surface area contributed by atoms with Crippen molar-refractivity contribution < 1.29 is 19.8 Å². The Bertz CT molecular complexity index is 549. The van der Waals surface area contributed by atoms with Crippen LogP contribution in [0.15, 0.2) is 14.9 Å². The zero-order chi connectivity index (χ0) is 15.1. The summed E-state index contributed by atoms with van der Waals surface area (Å²) in [7, 11) is 0. The highest BCUT2D eigenvalue weighted by atomic mass is 32.2. The molecule has 0 aromatic heterocycles. The lowest BCUT2D eigenvalue weighted by Gasteiger charge is -2.43. The Labute approximate surface area is 129 Å². The fourth-order valence-corrected chi connectivity index (χ4v) is 5.73. The standard InChI is InChI=1S/C12H15N3O4S2/c1-5(16)7-9(17)15-8(11(18)19)12(21-10(7)15)20-6-2-13-4-14-3-6/h4-7,10,16H,2-3H2,1H3,(H,13,14)(H,18,19)/t5?,7-,10+/m0/s1. The Balaban J connectivity index is 1.80. The van der Waals surface area contributed by atoms with Crippen LogP contribution in [-0.4, -0.2) is 63.1 Å². The summed E-state index contributed by atoms with van der Waals surface area (Å²) in [6, 6.07) is 0. The smallest absolute Gasteiger partial charge is 0.354 e. The van der Waals surface area contributed by atoms with Crippen molar-refractivity contribution in [2.45, 2.75) is 23.7 Å². The first-order valence-electron chi connectivity index (χ1n) is 6.54. The molecule has 3 heterocycles. The first-order chi connectivity index (χ1) is 10.0. The maximum absolute atomic E-state index is 12.0. The number of β-lactam (4-membered cyclic amide) rings is 1. The largest absolute Gasteiger partial charge is 0.477 e. The molecule has 114 valence electrons. The van der Waals surface area contributed by atoms with Crippen LogP contribution >= 0.6 is 23.5 Å². The third kappa shape index (κ3) is 2.43. The van der Waals surface area contributed by atoms with E-state index in [1.54, 1.807) is 13.3 Å². The van der Waals surface area contributed by atoms with Crippen LogP contribution in [0.4, 0.5) is 0 Å². The zero-order valence-corrected chi connectivity index (χ0v) is 12.9. The average Bonchev–Trinajstić information content (AvgIpc) is 2.74. The highest BCUT2D eigenvalue weighted by Crippen LogP contribution is 2.54. The molecule has 3 rings (SSSR count). The molecule has 0 spiro atoms. The number of carboxylic acids is 1. The third-order valence-corrected chi connectivity index (χ3v) is 6.37. The van der Waals surface area contributed by atoms with Crippen LogP contribution in [0.1, 0.15) is 6.92 Å². The van der Waals surface area contributed by atoms with E-state index in [0.717, 1.165) is 0 Å². The number of aliphatic imine (C=N–C) groups is 1. The van der Waals surface area contributed by atoms with E-state index in [1.165, 1.54) is 28.4 Å². The molecule has 3 aliphatic rings. The number of nitrogens with one attached hydrogen (secondary N) is 1. The Morgan fingerprint density at radius 2 is 2.43 bits per heavy atom. The van der Waals surface area contributed by atoms with Crippen LogP contribution in [0.3, 0.4) is 0 Å². The van der Waals surface area contributed by atoms with E-state index in [2.05, 4.69) is 10.3 Å². The molecule has 0 bridgehead atoms. The number of nitrogens with zero attached hydrogens (tertiary/aromatic N) is 2. The topological polar surface area (TPSA) is 102 Å². The Kier molecular flexibility index (Phi) is 3.89. The van der Waals surface area contributed by atoms with Crippen LogP contribution in [-0.2, 0) is 9.59 Å². The van der Waals surface area contributed by atoms with E-state index in [4.69, 9.17) is 0 Å². The minimum atomic E-state index is -1.10. The molecule has 21 heavy (non-hydrogen) atoms. The van der Waals surface area contributed by atoms with Crippen molar-refractivity contribution in [3.8, 4) is 0 Å². The van der Waals surface area contributed by atoms with Gasteiger partial charge in [0.05, 0.1) is 29.1 Å². The van der Waals surface area contributed by atoms with E-state index >= 15 is 0 Å². The molecule has 1 amide bonds. The van der Waals surface area contributed by atoms with E-state index in [-0.39, 0.29) is 22.2 Å². The molecule has 0 radical (unpaired) electrons. The molecular weight excluding hydrogens is 314 g/mol. The van der Waals surface area contributed by atoms with E-state index in [9.17, 15) is 19.8 Å². The second-order valence-corrected chi connectivity index (χ2v) is 7.76. The Hall–Kier alpha value is -1.19. The molecule has 2 unspecified atom stereocenters. The number of hydrogen-bond acceptors (Lipinski definition) is 7. The fraction of sp³-hybridized carbons (Fsp3) is 0.583. The second kappa shape index (κ2) is 5.54. The number of hydrogen-bond donors (Lipinski definition) is 3. The van der Waals surface area contributed by atoms with Crippen molar-refractivity contribution in [3.63, 3.8) is 0 Å². The Morgan fingerprint density at radius 1 is 1.67 bits per heavy atom. The molecule has 4 atom stereocenters. The molecule has 3 N–H and O–H groups in total. The summed E-state index contributed by atoms with van der Waals surface area (Å²) in [6.45, 7) is 2.89. The average molecular weight is 329 g/mol. The summed E-state index contributed by atoms with van der Waals surface area (Å²) in [5.74, 6) is -1.93. The van der Waals surface area contributed by atoms with Crippen molar-refractivity contribution in [3.05, 3.63) is 9.93 Å². The first kappa shape index (κ1) is 14.7.